The van der Waals surface area contributed by atoms with Crippen molar-refractivity contribution in [2.24, 2.45) is 0 Å². The Bertz CT molecular complexity index is 275. The van der Waals surface area contributed by atoms with Crippen LogP contribution < -0.4 is 0 Å². The number of ketones is 2. The van der Waals surface area contributed by atoms with Crippen LogP contribution >= 0.6 is 0 Å². The Kier molecular flexibility index (Phi) is 17.9. The predicted molar refractivity (Wildman–Crippen MR) is 67.3 cm³/mol. The maximum atomic E-state index is 9.87. The van der Waals surface area contributed by atoms with Gasteiger partial charge < -0.3 is 14.9 Å². The highest BCUT2D eigenvalue weighted by Crippen LogP contribution is 1.78. The second kappa shape index (κ2) is 15.6. The molecule has 0 heterocycles. The van der Waals surface area contributed by atoms with Crippen LogP contribution in [0, 0.1) is 0 Å². The van der Waals surface area contributed by atoms with Crippen molar-refractivity contribution in [3.8, 4) is 0 Å². The monoisotopic (exact) mass is 274 g/mol. The third-order valence-electron chi connectivity index (χ3n) is 0.993. The van der Waals surface area contributed by atoms with Gasteiger partial charge in [-0.15, -0.1) is 0 Å². The van der Waals surface area contributed by atoms with Crippen LogP contribution in [0.5, 0.6) is 0 Å². The van der Waals surface area contributed by atoms with E-state index in [2.05, 4.69) is 17.9 Å². The van der Waals surface area contributed by atoms with Gasteiger partial charge in [0.1, 0.15) is 24.4 Å². The van der Waals surface area contributed by atoms with Crippen molar-refractivity contribution in [2.45, 2.75) is 26.7 Å². The number of carboxylic acids is 2. The van der Waals surface area contributed by atoms with E-state index in [0.29, 0.717) is 0 Å². The molecule has 0 saturated carbocycles. The van der Waals surface area contributed by atoms with Gasteiger partial charge in [-0.2, -0.15) is 0 Å². The molecule has 0 bridgehead atoms. The van der Waals surface area contributed by atoms with E-state index in [-0.39, 0.29) is 24.4 Å². The molecule has 0 aliphatic carbocycles. The maximum Gasteiger partial charge on any atom is 0.310 e. The lowest BCUT2D eigenvalue weighted by molar-refractivity contribution is -0.141. The summed E-state index contributed by atoms with van der Waals surface area (Å²) in [5, 5.41) is 15.7. The zero-order valence-electron chi connectivity index (χ0n) is 10.9. The van der Waals surface area contributed by atoms with Crippen molar-refractivity contribution in [2.75, 3.05) is 0 Å². The molecule has 0 saturated heterocycles. The SMILES string of the molecule is C=COC=C.CC(=O)CC(=O)O.CC(=O)CC(=O)O. The molecule has 0 aliphatic rings. The highest BCUT2D eigenvalue weighted by molar-refractivity contribution is 5.93. The van der Waals surface area contributed by atoms with Gasteiger partial charge in [0, 0.05) is 0 Å². The van der Waals surface area contributed by atoms with Gasteiger partial charge in [0.2, 0.25) is 0 Å². The van der Waals surface area contributed by atoms with Gasteiger partial charge in [0.15, 0.2) is 0 Å². The molecule has 0 aromatic rings. The Morgan fingerprint density at radius 1 is 0.895 bits per heavy atom. The average molecular weight is 274 g/mol. The summed E-state index contributed by atoms with van der Waals surface area (Å²) in [6.45, 7) is 9.00. The first-order valence-electron chi connectivity index (χ1n) is 4.97. The summed E-state index contributed by atoms with van der Waals surface area (Å²) in [4.78, 5) is 38.9. The molecule has 0 unspecified atom stereocenters. The van der Waals surface area contributed by atoms with Crippen LogP contribution in [0.3, 0.4) is 0 Å². The van der Waals surface area contributed by atoms with Crippen LogP contribution in [0.25, 0.3) is 0 Å². The molecule has 0 fully saturated rings. The van der Waals surface area contributed by atoms with Gasteiger partial charge >= 0.3 is 11.9 Å². The van der Waals surface area contributed by atoms with Gasteiger partial charge in [0.25, 0.3) is 0 Å². The van der Waals surface area contributed by atoms with E-state index in [1.54, 1.807) is 0 Å². The van der Waals surface area contributed by atoms with E-state index in [1.165, 1.54) is 26.4 Å². The molecule has 0 radical (unpaired) electrons. The van der Waals surface area contributed by atoms with Crippen LogP contribution in [-0.2, 0) is 23.9 Å². The molecule has 0 amide bonds. The van der Waals surface area contributed by atoms with Crippen molar-refractivity contribution in [3.05, 3.63) is 25.7 Å². The van der Waals surface area contributed by atoms with Gasteiger partial charge in [-0.25, -0.2) is 0 Å². The Morgan fingerprint density at radius 3 is 1.16 bits per heavy atom. The number of rotatable bonds is 6. The van der Waals surface area contributed by atoms with E-state index in [1.807, 2.05) is 0 Å². The summed E-state index contributed by atoms with van der Waals surface area (Å²) in [6, 6.07) is 0. The average Bonchev–Trinajstić information content (AvgIpc) is 2.15. The lowest BCUT2D eigenvalue weighted by Crippen LogP contribution is -2.00. The van der Waals surface area contributed by atoms with Gasteiger partial charge in [-0.1, -0.05) is 13.2 Å². The Morgan fingerprint density at radius 2 is 1.16 bits per heavy atom. The molecule has 0 spiro atoms. The quantitative estimate of drug-likeness (QED) is 0.555. The largest absolute Gasteiger partial charge is 0.481 e. The number of hydrogen-bond donors (Lipinski definition) is 2. The van der Waals surface area contributed by atoms with E-state index in [9.17, 15) is 19.2 Å². The normalized spacial score (nSPS) is 7.47. The number of carboxylic acid groups (broad SMARTS) is 2. The molecule has 2 N–H and O–H groups in total. The standard InChI is InChI=1S/2C4H6O3.C4H6O/c2*1-3(5)2-4(6)7;1-3-5-4-2/h2*2H2,1H3,(H,6,7);3-4H,1-2H2. The van der Waals surface area contributed by atoms with Crippen molar-refractivity contribution in [1.82, 2.24) is 0 Å². The fourth-order valence-corrected chi connectivity index (χ4v) is 0.494. The lowest BCUT2D eigenvalue weighted by atomic mass is 10.3. The Labute approximate surface area is 111 Å². The minimum atomic E-state index is -1.06. The number of hydrogen-bond acceptors (Lipinski definition) is 5. The van der Waals surface area contributed by atoms with E-state index in [0.717, 1.165) is 0 Å². The summed E-state index contributed by atoms with van der Waals surface area (Å²) < 4.78 is 4.36. The van der Waals surface area contributed by atoms with Gasteiger partial charge in [-0.05, 0) is 13.8 Å². The summed E-state index contributed by atoms with van der Waals surface area (Å²) in [6.07, 6.45) is 1.90. The minimum absolute atomic E-state index is 0.312. The number of ether oxygens (including phenoxy) is 1. The van der Waals surface area contributed by atoms with Crippen LogP contribution in [0.1, 0.15) is 26.7 Å². The van der Waals surface area contributed by atoms with Crippen molar-refractivity contribution in [3.63, 3.8) is 0 Å². The number of carbonyl (C=O) groups excluding carboxylic acids is 2. The topological polar surface area (TPSA) is 118 Å². The summed E-state index contributed by atoms with van der Waals surface area (Å²) >= 11 is 0. The number of Topliss-reactive ketones (excluding diaryl/α,β-unsaturated/α-hetero) is 2. The minimum Gasteiger partial charge on any atom is -0.481 e. The van der Waals surface area contributed by atoms with E-state index in [4.69, 9.17) is 10.2 Å². The molecule has 0 aromatic carbocycles. The zero-order chi connectivity index (χ0) is 15.8. The predicted octanol–water partition coefficient (Wildman–Crippen LogP) is 1.39. The van der Waals surface area contributed by atoms with Crippen LogP contribution in [0.15, 0.2) is 25.7 Å². The second-order valence-corrected chi connectivity index (χ2v) is 3.01. The second-order valence-electron chi connectivity index (χ2n) is 3.01. The Balaban J connectivity index is -0.000000206. The van der Waals surface area contributed by atoms with Crippen LogP contribution in [0.2, 0.25) is 0 Å². The lowest BCUT2D eigenvalue weighted by Gasteiger charge is -1.80. The molecule has 0 atom stereocenters. The zero-order valence-corrected chi connectivity index (χ0v) is 10.9. The van der Waals surface area contributed by atoms with E-state index >= 15 is 0 Å². The first-order valence-corrected chi connectivity index (χ1v) is 4.97. The number of aliphatic carboxylic acids is 2. The molecular weight excluding hydrogens is 256 g/mol. The van der Waals surface area contributed by atoms with Crippen LogP contribution in [-0.4, -0.2) is 33.7 Å². The molecule has 0 aliphatic heterocycles. The smallest absolute Gasteiger partial charge is 0.310 e. The van der Waals surface area contributed by atoms with E-state index < -0.39 is 11.9 Å². The molecule has 19 heavy (non-hydrogen) atoms. The molecular formula is C12H18O7. The Hall–Kier alpha value is -2.44. The molecule has 108 valence electrons. The first-order chi connectivity index (χ1) is 8.67. The fourth-order valence-electron chi connectivity index (χ4n) is 0.494. The molecule has 7 heteroatoms. The highest BCUT2D eigenvalue weighted by Gasteiger charge is 1.98. The maximum absolute atomic E-state index is 9.87. The summed E-state index contributed by atoms with van der Waals surface area (Å²) in [5.41, 5.74) is 0. The molecule has 0 rings (SSSR count). The third kappa shape index (κ3) is 50.1. The summed E-state index contributed by atoms with van der Waals surface area (Å²) in [5.74, 6) is -2.75. The van der Waals surface area contributed by atoms with Crippen molar-refractivity contribution < 1.29 is 34.1 Å². The molecule has 0 aromatic heterocycles. The molecule has 7 nitrogen and oxygen atoms in total. The van der Waals surface area contributed by atoms with Gasteiger partial charge in [0.05, 0.1) is 12.5 Å². The van der Waals surface area contributed by atoms with Crippen molar-refractivity contribution in [1.29, 1.82) is 0 Å². The fraction of sp³-hybridized carbons (Fsp3) is 0.333. The highest BCUT2D eigenvalue weighted by atomic mass is 16.5. The first kappa shape index (κ1) is 21.8. The summed E-state index contributed by atoms with van der Waals surface area (Å²) in [7, 11) is 0. The van der Waals surface area contributed by atoms with Gasteiger partial charge in [-0.3, -0.25) is 19.2 Å². The van der Waals surface area contributed by atoms with Crippen molar-refractivity contribution >= 4 is 23.5 Å². The third-order valence-corrected chi connectivity index (χ3v) is 0.993. The van der Waals surface area contributed by atoms with Crippen LogP contribution in [0.4, 0.5) is 0 Å². The number of carbonyl (C=O) groups is 4.